The summed E-state index contributed by atoms with van der Waals surface area (Å²) in [6.45, 7) is 7.74. The molecular formula is C29H45N3O2. The number of carbonyl (C=O) groups excluding carboxylic acids is 1. The Balaban J connectivity index is 1.30. The number of nitrogens with two attached hydrogens (primary N) is 2. The van der Waals surface area contributed by atoms with Crippen LogP contribution in [0, 0.1) is 46.3 Å². The van der Waals surface area contributed by atoms with Gasteiger partial charge >= 0.3 is 0 Å². The second-order valence-electron chi connectivity index (χ2n) is 12.7. The van der Waals surface area contributed by atoms with Gasteiger partial charge in [0, 0.05) is 12.0 Å². The lowest BCUT2D eigenvalue weighted by Gasteiger charge is -2.61. The topological polar surface area (TPSA) is 81.6 Å². The molecule has 0 radical (unpaired) electrons. The third-order valence-electron chi connectivity index (χ3n) is 11.2. The Hall–Kier alpha value is -1.75. The smallest absolute Gasteiger partial charge is 0.157 e. The van der Waals surface area contributed by atoms with Gasteiger partial charge in [-0.25, -0.2) is 5.84 Å². The number of Topliss-reactive ketones (excluding diaryl/α,β-unsaturated/α-hetero) is 1. The van der Waals surface area contributed by atoms with E-state index in [1.807, 2.05) is 12.1 Å². The Morgan fingerprint density at radius 2 is 1.79 bits per heavy atom. The molecule has 0 heterocycles. The average molecular weight is 468 g/mol. The number of methoxy groups -OCH3 is 1. The number of nitrogens with zero attached hydrogens (tertiary/aromatic N) is 1. The zero-order valence-electron chi connectivity index (χ0n) is 21.7. The van der Waals surface area contributed by atoms with Crippen LogP contribution in [0.25, 0.3) is 0 Å². The number of rotatable bonds is 5. The van der Waals surface area contributed by atoms with Crippen molar-refractivity contribution in [3.8, 4) is 5.75 Å². The van der Waals surface area contributed by atoms with Gasteiger partial charge in [-0.15, -0.1) is 0 Å². The third-order valence-corrected chi connectivity index (χ3v) is 11.2. The largest absolute Gasteiger partial charge is 0.497 e. The van der Waals surface area contributed by atoms with E-state index in [-0.39, 0.29) is 23.7 Å². The van der Waals surface area contributed by atoms with Gasteiger partial charge in [0.25, 0.3) is 0 Å². The van der Waals surface area contributed by atoms with E-state index in [1.54, 1.807) is 13.2 Å². The molecule has 0 saturated heterocycles. The molecule has 4 aliphatic carbocycles. The first-order valence-electron chi connectivity index (χ1n) is 13.7. The molecule has 0 aromatic heterocycles. The minimum absolute atomic E-state index is 0.112. The predicted octanol–water partition coefficient (Wildman–Crippen LogP) is 5.82. The van der Waals surface area contributed by atoms with Crippen molar-refractivity contribution < 1.29 is 9.53 Å². The third kappa shape index (κ3) is 3.73. The minimum Gasteiger partial charge on any atom is -0.497 e. The van der Waals surface area contributed by atoms with Crippen molar-refractivity contribution in [2.75, 3.05) is 24.4 Å². The Morgan fingerprint density at radius 3 is 2.53 bits per heavy atom. The second kappa shape index (κ2) is 8.72. The van der Waals surface area contributed by atoms with E-state index in [1.165, 1.54) is 56.4 Å². The van der Waals surface area contributed by atoms with E-state index in [9.17, 15) is 4.79 Å². The van der Waals surface area contributed by atoms with Crippen molar-refractivity contribution in [1.82, 2.24) is 0 Å². The lowest BCUT2D eigenvalue weighted by atomic mass is 9.44. The maximum absolute atomic E-state index is 13.6. The Bertz CT molecular complexity index is 934. The summed E-state index contributed by atoms with van der Waals surface area (Å²) in [4.78, 5) is 13.6. The molecule has 0 bridgehead atoms. The molecule has 1 aromatic carbocycles. The number of carbonyl (C=O) groups is 1. The monoisotopic (exact) mass is 467 g/mol. The number of hydrazine groups is 1. The molecule has 5 nitrogen and oxygen atoms in total. The van der Waals surface area contributed by atoms with Gasteiger partial charge in [-0.2, -0.15) is 0 Å². The SMILES string of the molecule is COc1ccc(N(N)CC(=O)[C@H]2CCC3C4CCC5CC(C)CCC5(C)C4CCC32C)c(N)c1. The van der Waals surface area contributed by atoms with Gasteiger partial charge in [0.15, 0.2) is 5.78 Å². The summed E-state index contributed by atoms with van der Waals surface area (Å²) >= 11 is 0. The highest BCUT2D eigenvalue weighted by molar-refractivity contribution is 5.87. The molecule has 4 aliphatic rings. The van der Waals surface area contributed by atoms with Crippen molar-refractivity contribution in [1.29, 1.82) is 0 Å². The Labute approximate surface area is 205 Å². The zero-order chi connectivity index (χ0) is 24.3. The molecule has 1 aromatic rings. The molecule has 4 N–H and O–H groups in total. The first-order chi connectivity index (χ1) is 16.2. The summed E-state index contributed by atoms with van der Waals surface area (Å²) in [7, 11) is 1.62. The number of hydrogen-bond donors (Lipinski definition) is 2. The van der Waals surface area contributed by atoms with E-state index in [0.717, 1.165) is 30.1 Å². The molecule has 34 heavy (non-hydrogen) atoms. The van der Waals surface area contributed by atoms with Crippen molar-refractivity contribution in [3.63, 3.8) is 0 Å². The summed E-state index contributed by atoms with van der Waals surface area (Å²) < 4.78 is 5.25. The molecule has 4 saturated carbocycles. The fraction of sp³-hybridized carbons (Fsp3) is 0.759. The standard InChI is InChI=1S/C29H45N3O2/c1-18-11-13-28(2)19(15-18)5-7-21-22-8-9-24(29(22,3)14-12-23(21)28)27(33)17-32(31)26-10-6-20(34-4)16-25(26)30/h6,10,16,18-19,21-24H,5,7-9,11-15,17,30-31H2,1-4H3/t18?,19?,21?,22?,23?,24-,28?,29?/m1/s1. The molecule has 8 atom stereocenters. The summed E-state index contributed by atoms with van der Waals surface area (Å²) in [6.07, 6.45) is 11.8. The quantitative estimate of drug-likeness (QED) is 0.324. The predicted molar refractivity (Wildman–Crippen MR) is 138 cm³/mol. The number of ether oxygens (including phenoxy) is 1. The lowest BCUT2D eigenvalue weighted by molar-refractivity contribution is -0.135. The Kier molecular flexibility index (Phi) is 6.15. The van der Waals surface area contributed by atoms with Crippen molar-refractivity contribution in [3.05, 3.63) is 18.2 Å². The van der Waals surface area contributed by atoms with Crippen LogP contribution in [0.3, 0.4) is 0 Å². The van der Waals surface area contributed by atoms with Gasteiger partial charge in [-0.05, 0) is 104 Å². The molecule has 0 amide bonds. The van der Waals surface area contributed by atoms with Crippen molar-refractivity contribution in [2.45, 2.75) is 78.6 Å². The van der Waals surface area contributed by atoms with Gasteiger partial charge in [-0.1, -0.05) is 27.2 Å². The van der Waals surface area contributed by atoms with E-state index in [0.29, 0.717) is 28.5 Å². The molecule has 0 spiro atoms. The average Bonchev–Trinajstić information content (AvgIpc) is 3.16. The molecule has 188 valence electrons. The van der Waals surface area contributed by atoms with Gasteiger partial charge in [0.1, 0.15) is 5.75 Å². The molecule has 4 fully saturated rings. The highest BCUT2D eigenvalue weighted by atomic mass is 16.5. The molecule has 7 unspecified atom stereocenters. The summed E-state index contributed by atoms with van der Waals surface area (Å²) in [5.41, 5.74) is 8.07. The summed E-state index contributed by atoms with van der Waals surface area (Å²) in [6, 6.07) is 5.44. The van der Waals surface area contributed by atoms with Crippen LogP contribution in [0.2, 0.25) is 0 Å². The maximum Gasteiger partial charge on any atom is 0.157 e. The van der Waals surface area contributed by atoms with Crippen LogP contribution in [0.1, 0.15) is 78.6 Å². The zero-order valence-corrected chi connectivity index (χ0v) is 21.7. The lowest BCUT2D eigenvalue weighted by Crippen LogP contribution is -2.54. The van der Waals surface area contributed by atoms with Crippen LogP contribution in [0.15, 0.2) is 18.2 Å². The number of hydrogen-bond acceptors (Lipinski definition) is 5. The first kappa shape index (κ1) is 24.0. The number of nitrogen functional groups attached to an aromatic ring is 1. The maximum atomic E-state index is 13.6. The fourth-order valence-corrected chi connectivity index (χ4v) is 9.29. The van der Waals surface area contributed by atoms with Crippen LogP contribution < -0.4 is 21.3 Å². The second-order valence-corrected chi connectivity index (χ2v) is 12.7. The van der Waals surface area contributed by atoms with Gasteiger partial charge in [0.05, 0.1) is 25.0 Å². The highest BCUT2D eigenvalue weighted by Crippen LogP contribution is 2.67. The van der Waals surface area contributed by atoms with Gasteiger partial charge in [-0.3, -0.25) is 4.79 Å². The van der Waals surface area contributed by atoms with E-state index in [2.05, 4.69) is 20.8 Å². The number of fused-ring (bicyclic) bond motifs is 5. The minimum atomic E-state index is 0.112. The first-order valence-corrected chi connectivity index (χ1v) is 13.7. The van der Waals surface area contributed by atoms with Crippen molar-refractivity contribution >= 4 is 17.2 Å². The molecule has 5 rings (SSSR count). The normalized spacial score (nSPS) is 41.2. The van der Waals surface area contributed by atoms with E-state index >= 15 is 0 Å². The molecule has 5 heteroatoms. The summed E-state index contributed by atoms with van der Waals surface area (Å²) in [5, 5.41) is 1.54. The van der Waals surface area contributed by atoms with Crippen LogP contribution in [0.4, 0.5) is 11.4 Å². The number of anilines is 2. The van der Waals surface area contributed by atoms with Crippen LogP contribution in [-0.4, -0.2) is 19.4 Å². The van der Waals surface area contributed by atoms with E-state index < -0.39 is 0 Å². The number of benzene rings is 1. The Morgan fingerprint density at radius 1 is 1.06 bits per heavy atom. The van der Waals surface area contributed by atoms with Crippen molar-refractivity contribution in [2.24, 2.45) is 52.2 Å². The van der Waals surface area contributed by atoms with Crippen LogP contribution in [0.5, 0.6) is 5.75 Å². The molecular weight excluding hydrogens is 422 g/mol. The van der Waals surface area contributed by atoms with Crippen LogP contribution >= 0.6 is 0 Å². The van der Waals surface area contributed by atoms with Gasteiger partial charge < -0.3 is 15.5 Å². The number of ketones is 1. The highest BCUT2D eigenvalue weighted by Gasteiger charge is 2.60. The van der Waals surface area contributed by atoms with E-state index in [4.69, 9.17) is 16.3 Å². The molecule has 0 aliphatic heterocycles. The fourth-order valence-electron chi connectivity index (χ4n) is 9.29. The summed E-state index contributed by atoms with van der Waals surface area (Å²) in [5.74, 6) is 11.6. The van der Waals surface area contributed by atoms with Gasteiger partial charge in [0.2, 0.25) is 0 Å². The van der Waals surface area contributed by atoms with Crippen LogP contribution in [-0.2, 0) is 4.79 Å².